The Morgan fingerprint density at radius 3 is 2.64 bits per heavy atom. The van der Waals surface area contributed by atoms with Crippen LogP contribution >= 0.6 is 0 Å². The Kier molecular flexibility index (Phi) is 6.92. The molecule has 148 valence electrons. The number of nitrogens with zero attached hydrogens (tertiary/aromatic N) is 1. The molecule has 1 fully saturated rings. The minimum absolute atomic E-state index is 0.320. The summed E-state index contributed by atoms with van der Waals surface area (Å²) in [6.45, 7) is 3.54. The van der Waals surface area contributed by atoms with Gasteiger partial charge in [0.15, 0.2) is 0 Å². The van der Waals surface area contributed by atoms with Crippen LogP contribution in [-0.2, 0) is 25.6 Å². The fraction of sp³-hybridized carbons (Fsp3) is 0.318. The predicted octanol–water partition coefficient (Wildman–Crippen LogP) is 3.26. The summed E-state index contributed by atoms with van der Waals surface area (Å²) < 4.78 is 21.4. The molecule has 1 saturated heterocycles. The number of ether oxygens (including phenoxy) is 4. The van der Waals surface area contributed by atoms with Gasteiger partial charge in [0.2, 0.25) is 0 Å². The van der Waals surface area contributed by atoms with Gasteiger partial charge in [0.25, 0.3) is 0 Å². The molecule has 0 aromatic heterocycles. The Labute approximate surface area is 165 Å². The lowest BCUT2D eigenvalue weighted by molar-refractivity contribution is -0.133. The van der Waals surface area contributed by atoms with Gasteiger partial charge < -0.3 is 23.8 Å². The highest BCUT2D eigenvalue weighted by Crippen LogP contribution is 2.25. The molecule has 1 heterocycles. The predicted molar refractivity (Wildman–Crippen MR) is 107 cm³/mol. The van der Waals surface area contributed by atoms with Crippen LogP contribution in [0.2, 0.25) is 0 Å². The third-order valence-electron chi connectivity index (χ3n) is 4.54. The van der Waals surface area contributed by atoms with E-state index in [9.17, 15) is 4.79 Å². The molecule has 0 N–H and O–H groups in total. The summed E-state index contributed by atoms with van der Waals surface area (Å²) in [5.41, 5.74) is 3.06. The molecule has 0 unspecified atom stereocenters. The zero-order chi connectivity index (χ0) is 19.8. The molecule has 2 aromatic rings. The van der Waals surface area contributed by atoms with Gasteiger partial charge in [-0.1, -0.05) is 30.3 Å². The molecule has 0 aliphatic carbocycles. The van der Waals surface area contributed by atoms with Crippen molar-refractivity contribution in [2.45, 2.75) is 6.61 Å². The largest absolute Gasteiger partial charge is 0.503 e. The maximum absolute atomic E-state index is 12.1. The number of benzene rings is 2. The number of rotatable bonds is 7. The Hall–Kier alpha value is -2.99. The van der Waals surface area contributed by atoms with E-state index in [4.69, 9.17) is 18.9 Å². The van der Waals surface area contributed by atoms with Crippen LogP contribution < -0.4 is 9.64 Å². The fourth-order valence-corrected chi connectivity index (χ4v) is 3.11. The molecule has 0 saturated carbocycles. The smallest absolute Gasteiger partial charge is 0.341 e. The fourth-order valence-electron chi connectivity index (χ4n) is 3.11. The van der Waals surface area contributed by atoms with E-state index in [0.29, 0.717) is 12.2 Å². The van der Waals surface area contributed by atoms with Gasteiger partial charge in [-0.05, 0) is 23.3 Å². The minimum Gasteiger partial charge on any atom is -0.503 e. The highest BCUT2D eigenvalue weighted by Gasteiger charge is 2.17. The summed E-state index contributed by atoms with van der Waals surface area (Å²) in [5, 5.41) is 0. The molecule has 2 aromatic carbocycles. The third kappa shape index (κ3) is 4.84. The average Bonchev–Trinajstić information content (AvgIpc) is 2.76. The average molecular weight is 383 g/mol. The highest BCUT2D eigenvalue weighted by atomic mass is 16.5. The highest BCUT2D eigenvalue weighted by molar-refractivity contribution is 6.16. The Morgan fingerprint density at radius 1 is 1.11 bits per heavy atom. The molecule has 1 aliphatic rings. The Bertz CT molecular complexity index is 827. The third-order valence-corrected chi connectivity index (χ3v) is 4.54. The van der Waals surface area contributed by atoms with E-state index in [1.807, 2.05) is 42.5 Å². The lowest BCUT2D eigenvalue weighted by Gasteiger charge is -2.29. The second-order valence-electron chi connectivity index (χ2n) is 6.30. The maximum atomic E-state index is 12.1. The second kappa shape index (κ2) is 9.80. The van der Waals surface area contributed by atoms with Gasteiger partial charge in [-0.3, -0.25) is 0 Å². The first-order chi connectivity index (χ1) is 13.7. The van der Waals surface area contributed by atoms with Gasteiger partial charge in [-0.2, -0.15) is 0 Å². The molecule has 0 amide bonds. The van der Waals surface area contributed by atoms with Crippen molar-refractivity contribution in [1.82, 2.24) is 0 Å². The zero-order valence-corrected chi connectivity index (χ0v) is 16.2. The SMILES string of the molecule is COC=C(C(=O)OC)c1ccccc1COc1cccc(N2CCOCC2)c1. The summed E-state index contributed by atoms with van der Waals surface area (Å²) in [7, 11) is 2.85. The number of carbonyl (C=O) groups is 1. The van der Waals surface area contributed by atoms with E-state index in [0.717, 1.165) is 48.9 Å². The van der Waals surface area contributed by atoms with Crippen molar-refractivity contribution < 1.29 is 23.7 Å². The van der Waals surface area contributed by atoms with Gasteiger partial charge in [0, 0.05) is 24.8 Å². The molecule has 28 heavy (non-hydrogen) atoms. The Balaban J connectivity index is 1.76. The van der Waals surface area contributed by atoms with Gasteiger partial charge in [-0.25, -0.2) is 4.79 Å². The van der Waals surface area contributed by atoms with Crippen LogP contribution in [0.4, 0.5) is 5.69 Å². The van der Waals surface area contributed by atoms with Crippen LogP contribution in [0, 0.1) is 0 Å². The monoisotopic (exact) mass is 383 g/mol. The van der Waals surface area contributed by atoms with Crippen molar-refractivity contribution in [2.24, 2.45) is 0 Å². The van der Waals surface area contributed by atoms with Crippen molar-refractivity contribution in [3.8, 4) is 5.75 Å². The van der Waals surface area contributed by atoms with Crippen molar-refractivity contribution in [3.63, 3.8) is 0 Å². The molecule has 1 aliphatic heterocycles. The van der Waals surface area contributed by atoms with Crippen LogP contribution in [0.25, 0.3) is 5.57 Å². The molecule has 0 radical (unpaired) electrons. The first kappa shape index (κ1) is 19.8. The van der Waals surface area contributed by atoms with Crippen molar-refractivity contribution in [3.05, 3.63) is 65.9 Å². The summed E-state index contributed by atoms with van der Waals surface area (Å²) >= 11 is 0. The first-order valence-corrected chi connectivity index (χ1v) is 9.18. The van der Waals surface area contributed by atoms with Crippen LogP contribution in [0.15, 0.2) is 54.8 Å². The first-order valence-electron chi connectivity index (χ1n) is 9.18. The van der Waals surface area contributed by atoms with Crippen LogP contribution in [-0.4, -0.2) is 46.5 Å². The second-order valence-corrected chi connectivity index (χ2v) is 6.30. The summed E-state index contributed by atoms with van der Waals surface area (Å²) in [4.78, 5) is 14.4. The van der Waals surface area contributed by atoms with E-state index < -0.39 is 5.97 Å². The number of methoxy groups -OCH3 is 2. The minimum atomic E-state index is -0.455. The maximum Gasteiger partial charge on any atom is 0.341 e. The quantitative estimate of drug-likeness (QED) is 0.416. The molecule has 3 rings (SSSR count). The van der Waals surface area contributed by atoms with E-state index in [1.165, 1.54) is 20.5 Å². The number of anilines is 1. The molecule has 0 spiro atoms. The summed E-state index contributed by atoms with van der Waals surface area (Å²) in [6, 6.07) is 15.6. The molecule has 6 heteroatoms. The van der Waals surface area contributed by atoms with Crippen molar-refractivity contribution >= 4 is 17.2 Å². The van der Waals surface area contributed by atoms with E-state index >= 15 is 0 Å². The Morgan fingerprint density at radius 2 is 1.89 bits per heavy atom. The van der Waals surface area contributed by atoms with E-state index in [1.54, 1.807) is 0 Å². The molecule has 0 atom stereocenters. The normalized spacial score (nSPS) is 14.5. The number of hydrogen-bond donors (Lipinski definition) is 0. The standard InChI is InChI=1S/C22H25NO5/c1-25-16-21(22(24)26-2)20-9-4-3-6-17(20)15-28-19-8-5-7-18(14-19)23-10-12-27-13-11-23/h3-9,14,16H,10-13,15H2,1-2H3. The zero-order valence-electron chi connectivity index (χ0n) is 16.2. The van der Waals surface area contributed by atoms with Crippen LogP contribution in [0.3, 0.4) is 0 Å². The summed E-state index contributed by atoms with van der Waals surface area (Å²) in [5.74, 6) is 0.317. The molecular weight excluding hydrogens is 358 g/mol. The van der Waals surface area contributed by atoms with Crippen molar-refractivity contribution in [1.29, 1.82) is 0 Å². The number of carbonyl (C=O) groups excluding carboxylic acids is 1. The van der Waals surface area contributed by atoms with E-state index in [2.05, 4.69) is 11.0 Å². The van der Waals surface area contributed by atoms with Gasteiger partial charge in [0.05, 0.1) is 33.7 Å². The summed E-state index contributed by atoms with van der Waals surface area (Å²) in [6.07, 6.45) is 1.39. The van der Waals surface area contributed by atoms with Gasteiger partial charge >= 0.3 is 5.97 Å². The number of esters is 1. The number of morpholine rings is 1. The van der Waals surface area contributed by atoms with E-state index in [-0.39, 0.29) is 0 Å². The van der Waals surface area contributed by atoms with Gasteiger partial charge in [0.1, 0.15) is 17.9 Å². The van der Waals surface area contributed by atoms with Crippen LogP contribution in [0.5, 0.6) is 5.75 Å². The lowest BCUT2D eigenvalue weighted by Crippen LogP contribution is -2.36. The van der Waals surface area contributed by atoms with Gasteiger partial charge in [-0.15, -0.1) is 0 Å². The number of hydrogen-bond acceptors (Lipinski definition) is 6. The lowest BCUT2D eigenvalue weighted by atomic mass is 10.0. The molecular formula is C22H25NO5. The van der Waals surface area contributed by atoms with Crippen LogP contribution in [0.1, 0.15) is 11.1 Å². The van der Waals surface area contributed by atoms with Crippen molar-refractivity contribution in [2.75, 3.05) is 45.4 Å². The topological polar surface area (TPSA) is 57.2 Å². The molecule has 0 bridgehead atoms. The molecule has 6 nitrogen and oxygen atoms in total.